The summed E-state index contributed by atoms with van der Waals surface area (Å²) in [5, 5.41) is 7.69. The van der Waals surface area contributed by atoms with Crippen LogP contribution in [-0.4, -0.2) is 10.9 Å². The number of thiazole rings is 1. The summed E-state index contributed by atoms with van der Waals surface area (Å²) in [6.45, 7) is 0. The molecule has 1 amide bonds. The molecule has 3 nitrogen and oxygen atoms in total. The van der Waals surface area contributed by atoms with Gasteiger partial charge in [-0.2, -0.15) is 0 Å². The predicted octanol–water partition coefficient (Wildman–Crippen LogP) is 5.28. The normalized spacial score (nSPS) is 10.8. The summed E-state index contributed by atoms with van der Waals surface area (Å²) >= 11 is 1.45. The molecule has 0 aliphatic rings. The number of halogens is 1. The molecule has 1 aromatic heterocycles. The smallest absolute Gasteiger partial charge is 0.230 e. The van der Waals surface area contributed by atoms with E-state index in [4.69, 9.17) is 0 Å². The summed E-state index contributed by atoms with van der Waals surface area (Å²) in [6.07, 6.45) is 0.195. The van der Waals surface area contributed by atoms with Gasteiger partial charge in [0.15, 0.2) is 0 Å². The largest absolute Gasteiger partial charge is 0.325 e. The van der Waals surface area contributed by atoms with Crippen LogP contribution in [0.2, 0.25) is 0 Å². The molecule has 0 fully saturated rings. The number of hydrogen-bond donors (Lipinski definition) is 1. The summed E-state index contributed by atoms with van der Waals surface area (Å²) in [5.41, 5.74) is 2.34. The standard InChI is InChI=1S/C21H15FN2OS/c22-16-10-8-15(9-11-16)21-23-17(13-26-21)12-20(25)24-19-7-3-5-14-4-1-2-6-18(14)19/h1-11,13H,12H2,(H,24,25). The van der Waals surface area contributed by atoms with Gasteiger partial charge in [0.2, 0.25) is 5.91 Å². The fraction of sp³-hybridized carbons (Fsp3) is 0.0476. The van der Waals surface area contributed by atoms with Crippen LogP contribution in [0.25, 0.3) is 21.3 Å². The fourth-order valence-electron chi connectivity index (χ4n) is 2.81. The molecule has 0 spiro atoms. The SMILES string of the molecule is O=C(Cc1csc(-c2ccc(F)cc2)n1)Nc1cccc2ccccc12. The minimum atomic E-state index is -0.278. The molecule has 0 atom stereocenters. The third-order valence-electron chi connectivity index (χ3n) is 4.05. The lowest BCUT2D eigenvalue weighted by Crippen LogP contribution is -2.14. The maximum absolute atomic E-state index is 13.0. The van der Waals surface area contributed by atoms with Gasteiger partial charge in [-0.1, -0.05) is 36.4 Å². The summed E-state index contributed by atoms with van der Waals surface area (Å²) in [6, 6.07) is 19.9. The van der Waals surface area contributed by atoms with E-state index < -0.39 is 0 Å². The number of fused-ring (bicyclic) bond motifs is 1. The Hall–Kier alpha value is -3.05. The van der Waals surface area contributed by atoms with Gasteiger partial charge in [-0.05, 0) is 35.7 Å². The first-order chi connectivity index (χ1) is 12.7. The number of nitrogens with zero attached hydrogens (tertiary/aromatic N) is 1. The highest BCUT2D eigenvalue weighted by Gasteiger charge is 2.11. The van der Waals surface area contributed by atoms with E-state index in [9.17, 15) is 9.18 Å². The molecule has 3 aromatic carbocycles. The van der Waals surface area contributed by atoms with Crippen molar-refractivity contribution in [3.63, 3.8) is 0 Å². The number of amides is 1. The molecule has 0 aliphatic heterocycles. The van der Waals surface area contributed by atoms with Crippen molar-refractivity contribution in [3.05, 3.63) is 83.6 Å². The van der Waals surface area contributed by atoms with E-state index >= 15 is 0 Å². The zero-order chi connectivity index (χ0) is 17.9. The van der Waals surface area contributed by atoms with E-state index in [0.717, 1.165) is 27.0 Å². The summed E-state index contributed by atoms with van der Waals surface area (Å²) in [7, 11) is 0. The van der Waals surface area contributed by atoms with Crippen molar-refractivity contribution in [3.8, 4) is 10.6 Å². The van der Waals surface area contributed by atoms with Gasteiger partial charge in [-0.25, -0.2) is 9.37 Å². The van der Waals surface area contributed by atoms with Crippen molar-refractivity contribution in [2.45, 2.75) is 6.42 Å². The minimum absolute atomic E-state index is 0.114. The molecular weight excluding hydrogens is 347 g/mol. The van der Waals surface area contributed by atoms with Crippen molar-refractivity contribution in [2.24, 2.45) is 0 Å². The third kappa shape index (κ3) is 3.48. The number of hydrogen-bond acceptors (Lipinski definition) is 3. The second kappa shape index (κ2) is 7.06. The minimum Gasteiger partial charge on any atom is -0.325 e. The Balaban J connectivity index is 1.49. The molecule has 0 aliphatic carbocycles. The van der Waals surface area contributed by atoms with Crippen LogP contribution in [-0.2, 0) is 11.2 Å². The molecule has 0 bridgehead atoms. The van der Waals surface area contributed by atoms with Crippen LogP contribution < -0.4 is 5.32 Å². The zero-order valence-electron chi connectivity index (χ0n) is 13.8. The van der Waals surface area contributed by atoms with Gasteiger partial charge >= 0.3 is 0 Å². The summed E-state index contributed by atoms with van der Waals surface area (Å²) in [5.74, 6) is -0.391. The predicted molar refractivity (Wildman–Crippen MR) is 104 cm³/mol. The zero-order valence-corrected chi connectivity index (χ0v) is 14.6. The Labute approximate surface area is 154 Å². The van der Waals surface area contributed by atoms with Crippen molar-refractivity contribution < 1.29 is 9.18 Å². The van der Waals surface area contributed by atoms with Gasteiger partial charge < -0.3 is 5.32 Å². The Morgan fingerprint density at radius 2 is 1.77 bits per heavy atom. The number of rotatable bonds is 4. The lowest BCUT2D eigenvalue weighted by molar-refractivity contribution is -0.115. The van der Waals surface area contributed by atoms with E-state index in [1.165, 1.54) is 23.5 Å². The van der Waals surface area contributed by atoms with Crippen molar-refractivity contribution >= 4 is 33.7 Å². The van der Waals surface area contributed by atoms with E-state index in [2.05, 4.69) is 10.3 Å². The summed E-state index contributed by atoms with van der Waals surface area (Å²) in [4.78, 5) is 16.9. The van der Waals surface area contributed by atoms with Crippen LogP contribution in [0.15, 0.2) is 72.1 Å². The van der Waals surface area contributed by atoms with E-state index in [0.29, 0.717) is 5.69 Å². The van der Waals surface area contributed by atoms with Crippen molar-refractivity contribution in [2.75, 3.05) is 5.32 Å². The van der Waals surface area contributed by atoms with Gasteiger partial charge in [-0.3, -0.25) is 4.79 Å². The highest BCUT2D eigenvalue weighted by molar-refractivity contribution is 7.13. The molecular formula is C21H15FN2OS. The number of anilines is 1. The Kier molecular flexibility index (Phi) is 4.46. The van der Waals surface area contributed by atoms with Crippen LogP contribution in [0.1, 0.15) is 5.69 Å². The molecule has 4 aromatic rings. The summed E-state index contributed by atoms with van der Waals surface area (Å²) < 4.78 is 13.0. The van der Waals surface area contributed by atoms with Gasteiger partial charge in [0.05, 0.1) is 12.1 Å². The quantitative estimate of drug-likeness (QED) is 0.536. The molecule has 26 heavy (non-hydrogen) atoms. The number of benzene rings is 3. The lowest BCUT2D eigenvalue weighted by Gasteiger charge is -2.08. The number of carbonyl (C=O) groups is 1. The molecule has 4 rings (SSSR count). The van der Waals surface area contributed by atoms with Crippen LogP contribution >= 0.6 is 11.3 Å². The first kappa shape index (κ1) is 16.4. The van der Waals surface area contributed by atoms with Gasteiger partial charge in [-0.15, -0.1) is 11.3 Å². The van der Waals surface area contributed by atoms with Gasteiger partial charge in [0.1, 0.15) is 10.8 Å². The first-order valence-electron chi connectivity index (χ1n) is 8.17. The number of nitrogens with one attached hydrogen (secondary N) is 1. The van der Waals surface area contributed by atoms with Gasteiger partial charge in [0.25, 0.3) is 0 Å². The van der Waals surface area contributed by atoms with Crippen LogP contribution in [0.4, 0.5) is 10.1 Å². The molecule has 0 saturated carbocycles. The van der Waals surface area contributed by atoms with Crippen LogP contribution in [0, 0.1) is 5.82 Å². The molecule has 0 radical (unpaired) electrons. The molecule has 1 N–H and O–H groups in total. The molecule has 5 heteroatoms. The third-order valence-corrected chi connectivity index (χ3v) is 4.99. The Morgan fingerprint density at radius 1 is 1.00 bits per heavy atom. The van der Waals surface area contributed by atoms with E-state index in [1.807, 2.05) is 47.8 Å². The first-order valence-corrected chi connectivity index (χ1v) is 9.05. The molecule has 128 valence electrons. The highest BCUT2D eigenvalue weighted by Crippen LogP contribution is 2.25. The number of carbonyl (C=O) groups excluding carboxylic acids is 1. The van der Waals surface area contributed by atoms with Crippen LogP contribution in [0.3, 0.4) is 0 Å². The second-order valence-corrected chi connectivity index (χ2v) is 6.76. The van der Waals surface area contributed by atoms with E-state index in [1.54, 1.807) is 12.1 Å². The molecule has 0 saturated heterocycles. The average molecular weight is 362 g/mol. The topological polar surface area (TPSA) is 42.0 Å². The van der Waals surface area contributed by atoms with Crippen molar-refractivity contribution in [1.29, 1.82) is 0 Å². The Bertz CT molecular complexity index is 1070. The lowest BCUT2D eigenvalue weighted by atomic mass is 10.1. The number of aromatic nitrogens is 1. The average Bonchev–Trinajstić information content (AvgIpc) is 3.11. The maximum atomic E-state index is 13.0. The maximum Gasteiger partial charge on any atom is 0.230 e. The monoisotopic (exact) mass is 362 g/mol. The second-order valence-electron chi connectivity index (χ2n) is 5.90. The molecule has 1 heterocycles. The van der Waals surface area contributed by atoms with Crippen LogP contribution in [0.5, 0.6) is 0 Å². The van der Waals surface area contributed by atoms with Gasteiger partial charge in [0, 0.05) is 22.0 Å². The Morgan fingerprint density at radius 3 is 2.62 bits per heavy atom. The van der Waals surface area contributed by atoms with E-state index in [-0.39, 0.29) is 18.1 Å². The fourth-order valence-corrected chi connectivity index (χ4v) is 3.63. The highest BCUT2D eigenvalue weighted by atomic mass is 32.1. The molecule has 0 unspecified atom stereocenters. The van der Waals surface area contributed by atoms with Crippen molar-refractivity contribution in [1.82, 2.24) is 4.98 Å².